The number of nitrogens with one attached hydrogen (secondary N) is 2. The molecule has 0 aliphatic carbocycles. The maximum atomic E-state index is 11.9. The highest BCUT2D eigenvalue weighted by molar-refractivity contribution is 5.99. The van der Waals surface area contributed by atoms with Crippen molar-refractivity contribution in [3.8, 4) is 0 Å². The third kappa shape index (κ3) is 3.39. The van der Waals surface area contributed by atoms with Crippen LogP contribution in [0.3, 0.4) is 0 Å². The van der Waals surface area contributed by atoms with Crippen LogP contribution in [0.4, 0.5) is 0 Å². The molecule has 0 spiro atoms. The van der Waals surface area contributed by atoms with E-state index in [1.54, 1.807) is 0 Å². The van der Waals surface area contributed by atoms with Gasteiger partial charge in [0.15, 0.2) is 0 Å². The van der Waals surface area contributed by atoms with E-state index in [2.05, 4.69) is 10.3 Å². The molecular formula is C13H17N2O2+. The van der Waals surface area contributed by atoms with Crippen molar-refractivity contribution in [3.63, 3.8) is 0 Å². The van der Waals surface area contributed by atoms with Crippen LogP contribution in [-0.2, 0) is 4.74 Å². The SMILES string of the molecule is Cc1ccc(C(=O)CNC2=[NH+]CCOC2)cc1. The first-order valence-corrected chi connectivity index (χ1v) is 5.77. The van der Waals surface area contributed by atoms with Crippen LogP contribution < -0.4 is 10.3 Å². The lowest BCUT2D eigenvalue weighted by atomic mass is 10.1. The van der Waals surface area contributed by atoms with Gasteiger partial charge in [-0.25, -0.2) is 0 Å². The molecular weight excluding hydrogens is 216 g/mol. The monoisotopic (exact) mass is 233 g/mol. The second kappa shape index (κ2) is 5.59. The van der Waals surface area contributed by atoms with Gasteiger partial charge in [0.1, 0.15) is 19.7 Å². The van der Waals surface area contributed by atoms with Gasteiger partial charge in [0.2, 0.25) is 5.78 Å². The van der Waals surface area contributed by atoms with Gasteiger partial charge in [-0.05, 0) is 6.92 Å². The number of carbonyl (C=O) groups excluding carboxylic acids is 1. The minimum atomic E-state index is 0.0878. The van der Waals surface area contributed by atoms with Crippen molar-refractivity contribution in [3.05, 3.63) is 35.4 Å². The maximum Gasteiger partial charge on any atom is 0.269 e. The van der Waals surface area contributed by atoms with Crippen molar-refractivity contribution in [1.29, 1.82) is 0 Å². The molecule has 0 atom stereocenters. The average molecular weight is 233 g/mol. The highest BCUT2D eigenvalue weighted by Gasteiger charge is 2.14. The molecule has 0 bridgehead atoms. The molecule has 2 N–H and O–H groups in total. The molecule has 1 aliphatic rings. The Labute approximate surface area is 101 Å². The topological polar surface area (TPSA) is 52.3 Å². The van der Waals surface area contributed by atoms with E-state index in [1.807, 2.05) is 31.2 Å². The molecule has 0 amide bonds. The third-order valence-corrected chi connectivity index (χ3v) is 2.67. The van der Waals surface area contributed by atoms with Gasteiger partial charge in [-0.15, -0.1) is 0 Å². The van der Waals surface area contributed by atoms with E-state index in [0.29, 0.717) is 13.2 Å². The standard InChI is InChI=1S/C13H16N2O2/c1-10-2-4-11(5-3-10)12(16)8-15-13-9-17-7-6-14-13/h2-5H,6-9H2,1H3,(H,14,15)/p+1. The zero-order chi connectivity index (χ0) is 12.1. The van der Waals surface area contributed by atoms with E-state index in [4.69, 9.17) is 4.74 Å². The first-order valence-electron chi connectivity index (χ1n) is 5.77. The van der Waals surface area contributed by atoms with Crippen molar-refractivity contribution >= 4 is 11.6 Å². The summed E-state index contributed by atoms with van der Waals surface area (Å²) < 4.78 is 5.26. The zero-order valence-electron chi connectivity index (χ0n) is 9.95. The van der Waals surface area contributed by atoms with E-state index in [9.17, 15) is 4.79 Å². The molecule has 1 aromatic carbocycles. The molecule has 0 saturated heterocycles. The Morgan fingerprint density at radius 1 is 1.41 bits per heavy atom. The molecule has 2 rings (SSSR count). The van der Waals surface area contributed by atoms with E-state index in [0.717, 1.165) is 30.1 Å². The normalized spacial score (nSPS) is 15.2. The van der Waals surface area contributed by atoms with Crippen molar-refractivity contribution in [2.24, 2.45) is 0 Å². The molecule has 17 heavy (non-hydrogen) atoms. The number of hydrogen-bond donors (Lipinski definition) is 2. The molecule has 1 heterocycles. The number of amidine groups is 1. The maximum absolute atomic E-state index is 11.9. The predicted octanol–water partition coefficient (Wildman–Crippen LogP) is -0.723. The second-order valence-electron chi connectivity index (χ2n) is 4.10. The quantitative estimate of drug-likeness (QED) is 0.677. The predicted molar refractivity (Wildman–Crippen MR) is 65.2 cm³/mol. The molecule has 4 nitrogen and oxygen atoms in total. The Kier molecular flexibility index (Phi) is 3.88. The van der Waals surface area contributed by atoms with Crippen LogP contribution in [0, 0.1) is 6.92 Å². The summed E-state index contributed by atoms with van der Waals surface area (Å²) in [5, 5.41) is 3.07. The van der Waals surface area contributed by atoms with Crippen LogP contribution in [0.25, 0.3) is 0 Å². The average Bonchev–Trinajstić information content (AvgIpc) is 2.38. The largest absolute Gasteiger partial charge is 0.365 e. The first-order chi connectivity index (χ1) is 8.25. The second-order valence-corrected chi connectivity index (χ2v) is 4.10. The van der Waals surface area contributed by atoms with Crippen LogP contribution in [0.1, 0.15) is 15.9 Å². The number of hydrogen-bond acceptors (Lipinski definition) is 3. The third-order valence-electron chi connectivity index (χ3n) is 2.67. The Hall–Kier alpha value is -1.68. The summed E-state index contributed by atoms with van der Waals surface area (Å²) in [5.41, 5.74) is 1.90. The fourth-order valence-corrected chi connectivity index (χ4v) is 1.64. The Bertz CT molecular complexity index is 424. The highest BCUT2D eigenvalue weighted by Crippen LogP contribution is 2.03. The molecule has 4 heteroatoms. The number of carbonyl (C=O) groups is 1. The lowest BCUT2D eigenvalue weighted by Gasteiger charge is -2.08. The van der Waals surface area contributed by atoms with Crippen molar-refractivity contribution < 1.29 is 14.5 Å². The number of ketones is 1. The van der Waals surface area contributed by atoms with Gasteiger partial charge >= 0.3 is 0 Å². The van der Waals surface area contributed by atoms with Crippen LogP contribution >= 0.6 is 0 Å². The summed E-state index contributed by atoms with van der Waals surface area (Å²) in [6, 6.07) is 7.61. The molecule has 0 fully saturated rings. The smallest absolute Gasteiger partial charge is 0.269 e. The molecule has 0 aromatic heterocycles. The van der Waals surface area contributed by atoms with Crippen molar-refractivity contribution in [2.75, 3.05) is 26.3 Å². The van der Waals surface area contributed by atoms with E-state index in [1.165, 1.54) is 0 Å². The van der Waals surface area contributed by atoms with E-state index < -0.39 is 0 Å². The number of Topliss-reactive ketones (excluding diaryl/α,β-unsaturated/α-hetero) is 1. The highest BCUT2D eigenvalue weighted by atomic mass is 16.5. The van der Waals surface area contributed by atoms with Crippen LogP contribution in [-0.4, -0.2) is 37.9 Å². The van der Waals surface area contributed by atoms with E-state index >= 15 is 0 Å². The fourth-order valence-electron chi connectivity index (χ4n) is 1.64. The van der Waals surface area contributed by atoms with Gasteiger partial charge in [0.25, 0.3) is 5.84 Å². The molecule has 0 saturated carbocycles. The van der Waals surface area contributed by atoms with Crippen molar-refractivity contribution in [1.82, 2.24) is 5.32 Å². The number of benzene rings is 1. The zero-order valence-corrected chi connectivity index (χ0v) is 9.95. The van der Waals surface area contributed by atoms with Gasteiger partial charge in [0, 0.05) is 5.56 Å². The van der Waals surface area contributed by atoms with Crippen LogP contribution in [0.5, 0.6) is 0 Å². The first kappa shape index (κ1) is 11.8. The lowest BCUT2D eigenvalue weighted by molar-refractivity contribution is -0.474. The molecule has 90 valence electrons. The van der Waals surface area contributed by atoms with Gasteiger partial charge in [-0.1, -0.05) is 29.8 Å². The lowest BCUT2D eigenvalue weighted by Crippen LogP contribution is -2.80. The molecule has 1 aromatic rings. The summed E-state index contributed by atoms with van der Waals surface area (Å²) in [6.07, 6.45) is 0. The fraction of sp³-hybridized carbons (Fsp3) is 0.385. The minimum Gasteiger partial charge on any atom is -0.365 e. The number of rotatable bonds is 3. The van der Waals surface area contributed by atoms with E-state index in [-0.39, 0.29) is 5.78 Å². The Morgan fingerprint density at radius 2 is 2.18 bits per heavy atom. The Balaban J connectivity index is 1.88. The minimum absolute atomic E-state index is 0.0878. The van der Waals surface area contributed by atoms with Gasteiger partial charge in [-0.3, -0.25) is 15.1 Å². The van der Waals surface area contributed by atoms with Gasteiger partial charge in [-0.2, -0.15) is 0 Å². The summed E-state index contributed by atoms with van der Waals surface area (Å²) in [5.74, 6) is 0.974. The number of ether oxygens (including phenoxy) is 1. The van der Waals surface area contributed by atoms with Gasteiger partial charge < -0.3 is 4.74 Å². The summed E-state index contributed by atoms with van der Waals surface area (Å²) in [7, 11) is 0. The molecule has 0 radical (unpaired) electrons. The van der Waals surface area contributed by atoms with Crippen molar-refractivity contribution in [2.45, 2.75) is 6.92 Å². The van der Waals surface area contributed by atoms with Gasteiger partial charge in [0.05, 0.1) is 6.61 Å². The number of aryl methyl sites for hydroxylation is 1. The summed E-state index contributed by atoms with van der Waals surface area (Å²) in [4.78, 5) is 15.0. The molecule has 0 unspecified atom stereocenters. The summed E-state index contributed by atoms with van der Waals surface area (Å²) >= 11 is 0. The van der Waals surface area contributed by atoms with Crippen LogP contribution in [0.15, 0.2) is 24.3 Å². The van der Waals surface area contributed by atoms with Crippen LogP contribution in [0.2, 0.25) is 0 Å². The molecule has 1 aliphatic heterocycles. The Morgan fingerprint density at radius 3 is 2.82 bits per heavy atom. The summed E-state index contributed by atoms with van der Waals surface area (Å²) in [6.45, 7) is 4.35.